The second kappa shape index (κ2) is 5.98. The van der Waals surface area contributed by atoms with Crippen LogP contribution in [0.1, 0.15) is 38.2 Å². The molecule has 0 aliphatic heterocycles. The summed E-state index contributed by atoms with van der Waals surface area (Å²) in [6.45, 7) is 4.76. The maximum Gasteiger partial charge on any atom is 0.138 e. The average Bonchev–Trinajstić information content (AvgIpc) is 3.25. The minimum atomic E-state index is 0.648. The van der Waals surface area contributed by atoms with E-state index in [9.17, 15) is 0 Å². The predicted molar refractivity (Wildman–Crippen MR) is 89.1 cm³/mol. The van der Waals surface area contributed by atoms with Gasteiger partial charge in [-0.2, -0.15) is 0 Å². The highest BCUT2D eigenvalue weighted by molar-refractivity contribution is 9.11. The van der Waals surface area contributed by atoms with Gasteiger partial charge in [0.2, 0.25) is 0 Å². The highest BCUT2D eigenvalue weighted by Gasteiger charge is 2.53. The summed E-state index contributed by atoms with van der Waals surface area (Å²) in [5.41, 5.74) is 1.87. The third-order valence-corrected chi connectivity index (χ3v) is 5.55. The molecule has 0 saturated heterocycles. The van der Waals surface area contributed by atoms with Crippen LogP contribution < -0.4 is 10.1 Å². The van der Waals surface area contributed by atoms with Crippen LogP contribution in [0.25, 0.3) is 0 Å². The molecule has 2 nitrogen and oxygen atoms in total. The van der Waals surface area contributed by atoms with Gasteiger partial charge in [0.15, 0.2) is 0 Å². The average molecular weight is 403 g/mol. The van der Waals surface area contributed by atoms with Gasteiger partial charge in [0.1, 0.15) is 5.75 Å². The van der Waals surface area contributed by atoms with Crippen molar-refractivity contribution < 1.29 is 4.74 Å². The summed E-state index contributed by atoms with van der Waals surface area (Å²) >= 11 is 7.16. The molecule has 4 heteroatoms. The monoisotopic (exact) mass is 401 g/mol. The summed E-state index contributed by atoms with van der Waals surface area (Å²) in [6.07, 6.45) is 5.75. The zero-order chi connectivity index (χ0) is 14.2. The molecule has 0 unspecified atom stereocenters. The van der Waals surface area contributed by atoms with Gasteiger partial charge in [0.25, 0.3) is 0 Å². The van der Waals surface area contributed by atoms with Crippen molar-refractivity contribution in [2.75, 3.05) is 13.2 Å². The third kappa shape index (κ3) is 3.23. The van der Waals surface area contributed by atoms with Gasteiger partial charge >= 0.3 is 0 Å². The summed E-state index contributed by atoms with van der Waals surface area (Å²) in [7, 11) is 0. The smallest absolute Gasteiger partial charge is 0.138 e. The Bertz CT molecular complexity index is 495. The first kappa shape index (κ1) is 14.9. The van der Waals surface area contributed by atoms with Crippen molar-refractivity contribution in [1.82, 2.24) is 5.32 Å². The van der Waals surface area contributed by atoms with E-state index in [1.54, 1.807) is 0 Å². The van der Waals surface area contributed by atoms with Crippen molar-refractivity contribution >= 4 is 31.9 Å². The fourth-order valence-electron chi connectivity index (χ4n) is 3.08. The molecular formula is C16H21Br2NO. The molecule has 0 heterocycles. The molecule has 2 fully saturated rings. The van der Waals surface area contributed by atoms with E-state index in [1.807, 2.05) is 13.0 Å². The lowest BCUT2D eigenvalue weighted by Gasteiger charge is -2.17. The van der Waals surface area contributed by atoms with Gasteiger partial charge in [-0.25, -0.2) is 0 Å². The number of hydrogen-bond acceptors (Lipinski definition) is 2. The Morgan fingerprint density at radius 3 is 2.65 bits per heavy atom. The molecule has 2 saturated carbocycles. The molecular weight excluding hydrogens is 382 g/mol. The molecule has 20 heavy (non-hydrogen) atoms. The van der Waals surface area contributed by atoms with Crippen molar-refractivity contribution in [3.05, 3.63) is 26.6 Å². The maximum atomic E-state index is 5.77. The van der Waals surface area contributed by atoms with Gasteiger partial charge in [0.05, 0.1) is 11.1 Å². The van der Waals surface area contributed by atoms with Crippen molar-refractivity contribution in [1.29, 1.82) is 0 Å². The Hall–Kier alpha value is -0.0600. The zero-order valence-corrected chi connectivity index (χ0v) is 15.0. The molecule has 1 aromatic carbocycles. The fraction of sp³-hybridized carbons (Fsp3) is 0.625. The molecule has 0 amide bonds. The lowest BCUT2D eigenvalue weighted by Crippen LogP contribution is -2.25. The molecule has 0 bridgehead atoms. The van der Waals surface area contributed by atoms with Crippen molar-refractivity contribution in [3.8, 4) is 5.75 Å². The predicted octanol–water partition coefficient (Wildman–Crippen LogP) is 4.89. The molecule has 3 rings (SSSR count). The number of rotatable bonds is 7. The first-order valence-electron chi connectivity index (χ1n) is 7.46. The molecule has 0 radical (unpaired) electrons. The molecule has 1 N–H and O–H groups in total. The Balaban J connectivity index is 1.63. The first-order chi connectivity index (χ1) is 9.64. The molecule has 0 atom stereocenters. The Morgan fingerprint density at radius 2 is 2.05 bits per heavy atom. The number of hydrogen-bond donors (Lipinski definition) is 1. The lowest BCUT2D eigenvalue weighted by molar-refractivity contribution is 0.331. The van der Waals surface area contributed by atoms with E-state index in [0.717, 1.165) is 33.7 Å². The van der Waals surface area contributed by atoms with E-state index in [0.29, 0.717) is 12.0 Å². The third-order valence-electron chi connectivity index (χ3n) is 4.50. The Morgan fingerprint density at radius 1 is 1.30 bits per heavy atom. The normalized spacial score (nSPS) is 19.9. The Kier molecular flexibility index (Phi) is 4.44. The van der Waals surface area contributed by atoms with Gasteiger partial charge < -0.3 is 10.1 Å². The van der Waals surface area contributed by atoms with Crippen LogP contribution in [0.5, 0.6) is 5.75 Å². The lowest BCUT2D eigenvalue weighted by atomic mass is 10.0. The van der Waals surface area contributed by atoms with E-state index < -0.39 is 0 Å². The van der Waals surface area contributed by atoms with E-state index in [-0.39, 0.29) is 0 Å². The minimum Gasteiger partial charge on any atom is -0.492 e. The molecule has 2 aliphatic carbocycles. The molecule has 110 valence electrons. The summed E-state index contributed by atoms with van der Waals surface area (Å²) < 4.78 is 7.89. The van der Waals surface area contributed by atoms with Crippen LogP contribution in [-0.4, -0.2) is 13.2 Å². The number of nitrogens with one attached hydrogen (secondary N) is 1. The number of halogens is 2. The molecule has 2 aliphatic rings. The van der Waals surface area contributed by atoms with Gasteiger partial charge in [-0.1, -0.05) is 15.9 Å². The second-order valence-electron chi connectivity index (χ2n) is 6.05. The van der Waals surface area contributed by atoms with Gasteiger partial charge in [-0.15, -0.1) is 0 Å². The topological polar surface area (TPSA) is 21.3 Å². The van der Waals surface area contributed by atoms with Gasteiger partial charge in [-0.3, -0.25) is 0 Å². The van der Waals surface area contributed by atoms with Crippen LogP contribution in [-0.2, 0) is 6.54 Å². The highest BCUT2D eigenvalue weighted by atomic mass is 79.9. The summed E-state index contributed by atoms with van der Waals surface area (Å²) in [4.78, 5) is 0. The molecule has 0 aromatic heterocycles. The molecule has 1 aromatic rings. The van der Waals surface area contributed by atoms with Gasteiger partial charge in [-0.05, 0) is 72.0 Å². The van der Waals surface area contributed by atoms with Crippen LogP contribution in [0.15, 0.2) is 21.1 Å². The maximum absolute atomic E-state index is 5.77. The van der Waals surface area contributed by atoms with Crippen LogP contribution in [0, 0.1) is 11.3 Å². The van der Waals surface area contributed by atoms with E-state index in [1.165, 1.54) is 31.2 Å². The Labute approximate surface area is 137 Å². The zero-order valence-electron chi connectivity index (χ0n) is 11.8. The van der Waals surface area contributed by atoms with E-state index in [4.69, 9.17) is 4.74 Å². The minimum absolute atomic E-state index is 0.648. The van der Waals surface area contributed by atoms with Crippen LogP contribution >= 0.6 is 31.9 Å². The number of benzene rings is 1. The number of ether oxygens (including phenoxy) is 1. The van der Waals surface area contributed by atoms with Crippen LogP contribution in [0.3, 0.4) is 0 Å². The van der Waals surface area contributed by atoms with Crippen molar-refractivity contribution in [2.24, 2.45) is 11.3 Å². The fourth-order valence-corrected chi connectivity index (χ4v) is 4.51. The van der Waals surface area contributed by atoms with Crippen LogP contribution in [0.2, 0.25) is 0 Å². The SMILES string of the molecule is CCOc1c(Br)cc(Br)cc1CNCC1(C2CC2)CC1. The second-order valence-corrected chi connectivity index (χ2v) is 7.82. The van der Waals surface area contributed by atoms with Crippen molar-refractivity contribution in [3.63, 3.8) is 0 Å². The quantitative estimate of drug-likeness (QED) is 0.700. The van der Waals surface area contributed by atoms with E-state index >= 15 is 0 Å². The van der Waals surface area contributed by atoms with E-state index in [2.05, 4.69) is 43.2 Å². The van der Waals surface area contributed by atoms with Crippen molar-refractivity contribution in [2.45, 2.75) is 39.2 Å². The summed E-state index contributed by atoms with van der Waals surface area (Å²) in [5.74, 6) is 1.98. The van der Waals surface area contributed by atoms with Gasteiger partial charge in [0, 0.05) is 23.1 Å². The first-order valence-corrected chi connectivity index (χ1v) is 9.05. The molecule has 0 spiro atoms. The largest absolute Gasteiger partial charge is 0.492 e. The van der Waals surface area contributed by atoms with Crippen LogP contribution in [0.4, 0.5) is 0 Å². The highest BCUT2D eigenvalue weighted by Crippen LogP contribution is 2.60. The standard InChI is InChI=1S/C16H21Br2NO/c1-2-20-15-11(7-13(17)8-14(15)18)9-19-10-16(5-6-16)12-3-4-12/h7-8,12,19H,2-6,9-10H2,1H3. The summed E-state index contributed by atoms with van der Waals surface area (Å²) in [6, 6.07) is 4.19. The summed E-state index contributed by atoms with van der Waals surface area (Å²) in [5, 5.41) is 3.66.